The van der Waals surface area contributed by atoms with Gasteiger partial charge in [-0.25, -0.2) is 0 Å². The van der Waals surface area contributed by atoms with E-state index in [2.05, 4.69) is 10.3 Å². The summed E-state index contributed by atoms with van der Waals surface area (Å²) in [5.41, 5.74) is 8.17. The molecule has 3 aromatic rings. The Morgan fingerprint density at radius 1 is 1.11 bits per heavy atom. The average molecular weight is 294 g/mol. The molecule has 96 valence electrons. The molecule has 0 radical (unpaired) electrons. The summed E-state index contributed by atoms with van der Waals surface area (Å²) < 4.78 is 5.54. The maximum absolute atomic E-state index is 6.07. The first-order valence-corrected chi connectivity index (χ1v) is 6.26. The van der Waals surface area contributed by atoms with Crippen molar-refractivity contribution in [3.63, 3.8) is 0 Å². The number of nitrogen functional groups attached to an aromatic ring is 1. The molecule has 0 aliphatic rings. The fourth-order valence-electron chi connectivity index (χ4n) is 1.72. The number of anilines is 3. The van der Waals surface area contributed by atoms with Gasteiger partial charge in [-0.1, -0.05) is 29.3 Å². The van der Waals surface area contributed by atoms with Crippen LogP contribution in [0.1, 0.15) is 0 Å². The van der Waals surface area contributed by atoms with E-state index in [4.69, 9.17) is 33.4 Å². The van der Waals surface area contributed by atoms with Gasteiger partial charge in [0, 0.05) is 11.8 Å². The van der Waals surface area contributed by atoms with Crippen molar-refractivity contribution < 1.29 is 4.42 Å². The monoisotopic (exact) mass is 293 g/mol. The number of para-hydroxylation sites is 1. The van der Waals surface area contributed by atoms with E-state index in [0.717, 1.165) is 0 Å². The molecule has 19 heavy (non-hydrogen) atoms. The van der Waals surface area contributed by atoms with Crippen LogP contribution in [-0.4, -0.2) is 4.98 Å². The summed E-state index contributed by atoms with van der Waals surface area (Å²) in [7, 11) is 0. The number of aromatic nitrogens is 1. The van der Waals surface area contributed by atoms with E-state index < -0.39 is 0 Å². The molecular weight excluding hydrogens is 285 g/mol. The highest BCUT2D eigenvalue weighted by Gasteiger charge is 2.10. The van der Waals surface area contributed by atoms with Crippen molar-refractivity contribution in [3.05, 3.63) is 46.4 Å². The summed E-state index contributed by atoms with van der Waals surface area (Å²) in [6.07, 6.45) is 0. The lowest BCUT2D eigenvalue weighted by Gasteiger charge is -2.05. The second-order valence-corrected chi connectivity index (χ2v) is 4.78. The van der Waals surface area contributed by atoms with Crippen molar-refractivity contribution in [3.8, 4) is 0 Å². The Bertz CT molecular complexity index is 734. The normalized spacial score (nSPS) is 10.8. The lowest BCUT2D eigenvalue weighted by atomic mass is 10.3. The molecule has 1 aromatic heterocycles. The van der Waals surface area contributed by atoms with E-state index in [1.54, 1.807) is 36.4 Å². The minimum absolute atomic E-state index is 0.315. The van der Waals surface area contributed by atoms with Gasteiger partial charge in [-0.2, -0.15) is 4.98 Å². The predicted molar refractivity (Wildman–Crippen MR) is 78.2 cm³/mol. The number of oxazole rings is 1. The van der Waals surface area contributed by atoms with Crippen molar-refractivity contribution >= 4 is 51.7 Å². The van der Waals surface area contributed by atoms with E-state index in [0.29, 0.717) is 38.5 Å². The maximum Gasteiger partial charge on any atom is 0.300 e. The van der Waals surface area contributed by atoms with Crippen LogP contribution in [0.5, 0.6) is 0 Å². The van der Waals surface area contributed by atoms with Gasteiger partial charge >= 0.3 is 0 Å². The maximum atomic E-state index is 6.07. The highest BCUT2D eigenvalue weighted by atomic mass is 35.5. The lowest BCUT2D eigenvalue weighted by molar-refractivity contribution is 0.623. The second kappa shape index (κ2) is 4.64. The highest BCUT2D eigenvalue weighted by molar-refractivity contribution is 6.39. The van der Waals surface area contributed by atoms with Crippen LogP contribution in [0.2, 0.25) is 10.0 Å². The smallest absolute Gasteiger partial charge is 0.300 e. The van der Waals surface area contributed by atoms with E-state index in [1.807, 2.05) is 0 Å². The van der Waals surface area contributed by atoms with Crippen LogP contribution in [0.15, 0.2) is 40.8 Å². The third kappa shape index (κ3) is 2.32. The Labute approximate surface area is 119 Å². The molecule has 3 rings (SSSR count). The van der Waals surface area contributed by atoms with Crippen LogP contribution in [0.4, 0.5) is 17.4 Å². The summed E-state index contributed by atoms with van der Waals surface area (Å²) >= 11 is 12.1. The van der Waals surface area contributed by atoms with Gasteiger partial charge in [0.2, 0.25) is 0 Å². The standard InChI is InChI=1S/C13H9Cl2N3O/c14-8-2-1-3-9(15)12(8)18-13-17-10-5-4-7(16)6-11(10)19-13/h1-6H,16H2,(H,17,18). The van der Waals surface area contributed by atoms with Gasteiger partial charge < -0.3 is 15.5 Å². The molecule has 0 fully saturated rings. The molecule has 0 aliphatic carbocycles. The third-order valence-electron chi connectivity index (χ3n) is 2.61. The molecule has 4 nitrogen and oxygen atoms in total. The second-order valence-electron chi connectivity index (χ2n) is 3.97. The molecule has 0 spiro atoms. The number of nitrogens with zero attached hydrogens (tertiary/aromatic N) is 1. The summed E-state index contributed by atoms with van der Waals surface area (Å²) in [4.78, 5) is 4.28. The number of halogens is 2. The van der Waals surface area contributed by atoms with Crippen LogP contribution in [-0.2, 0) is 0 Å². The Kier molecular flexibility index (Phi) is 2.97. The van der Waals surface area contributed by atoms with Gasteiger partial charge in [-0.15, -0.1) is 0 Å². The van der Waals surface area contributed by atoms with Crippen molar-refractivity contribution in [2.75, 3.05) is 11.1 Å². The number of fused-ring (bicyclic) bond motifs is 1. The number of hydrogen-bond acceptors (Lipinski definition) is 4. The molecule has 2 aromatic carbocycles. The zero-order valence-corrected chi connectivity index (χ0v) is 11.2. The van der Waals surface area contributed by atoms with Gasteiger partial charge in [0.05, 0.1) is 15.7 Å². The Morgan fingerprint density at radius 2 is 1.84 bits per heavy atom. The number of rotatable bonds is 2. The summed E-state index contributed by atoms with van der Waals surface area (Å²) in [5.74, 6) is 0. The number of nitrogens with one attached hydrogen (secondary N) is 1. The van der Waals surface area contributed by atoms with Gasteiger partial charge in [0.25, 0.3) is 6.01 Å². The van der Waals surface area contributed by atoms with Crippen LogP contribution in [0, 0.1) is 0 Å². The fourth-order valence-corrected chi connectivity index (χ4v) is 2.21. The molecule has 1 heterocycles. The first kappa shape index (κ1) is 12.1. The number of hydrogen-bond donors (Lipinski definition) is 2. The van der Waals surface area contributed by atoms with Gasteiger partial charge in [0.1, 0.15) is 5.52 Å². The van der Waals surface area contributed by atoms with Crippen LogP contribution in [0.3, 0.4) is 0 Å². The molecule has 0 bridgehead atoms. The Balaban J connectivity index is 2.01. The summed E-state index contributed by atoms with van der Waals surface area (Å²) in [5, 5.41) is 3.96. The van der Waals surface area contributed by atoms with E-state index in [9.17, 15) is 0 Å². The third-order valence-corrected chi connectivity index (χ3v) is 3.24. The van der Waals surface area contributed by atoms with Crippen molar-refractivity contribution in [2.24, 2.45) is 0 Å². The summed E-state index contributed by atoms with van der Waals surface area (Å²) in [6.45, 7) is 0. The SMILES string of the molecule is Nc1ccc2nc(Nc3c(Cl)cccc3Cl)oc2c1. The molecular formula is C13H9Cl2N3O. The van der Waals surface area contributed by atoms with Crippen LogP contribution >= 0.6 is 23.2 Å². The lowest BCUT2D eigenvalue weighted by Crippen LogP contribution is -1.92. The number of benzene rings is 2. The Hall–Kier alpha value is -1.91. The zero-order chi connectivity index (χ0) is 13.4. The van der Waals surface area contributed by atoms with Gasteiger partial charge in [0.15, 0.2) is 5.58 Å². The molecule has 0 saturated heterocycles. The minimum Gasteiger partial charge on any atom is -0.423 e. The van der Waals surface area contributed by atoms with Crippen molar-refractivity contribution in [1.29, 1.82) is 0 Å². The molecule has 0 amide bonds. The first-order chi connectivity index (χ1) is 9.13. The first-order valence-electron chi connectivity index (χ1n) is 5.50. The van der Waals surface area contributed by atoms with Gasteiger partial charge in [-0.3, -0.25) is 0 Å². The largest absolute Gasteiger partial charge is 0.423 e. The average Bonchev–Trinajstić information content (AvgIpc) is 2.75. The van der Waals surface area contributed by atoms with E-state index >= 15 is 0 Å². The van der Waals surface area contributed by atoms with Crippen LogP contribution < -0.4 is 11.1 Å². The molecule has 0 atom stereocenters. The predicted octanol–water partition coefficient (Wildman–Crippen LogP) is 4.46. The van der Waals surface area contributed by atoms with Crippen LogP contribution in [0.25, 0.3) is 11.1 Å². The minimum atomic E-state index is 0.315. The fraction of sp³-hybridized carbons (Fsp3) is 0. The number of nitrogens with two attached hydrogens (primary N) is 1. The quantitative estimate of drug-likeness (QED) is 0.685. The van der Waals surface area contributed by atoms with Crippen molar-refractivity contribution in [2.45, 2.75) is 0 Å². The van der Waals surface area contributed by atoms with E-state index in [-0.39, 0.29) is 0 Å². The van der Waals surface area contributed by atoms with Gasteiger partial charge in [-0.05, 0) is 24.3 Å². The molecule has 0 unspecified atom stereocenters. The zero-order valence-electron chi connectivity index (χ0n) is 9.65. The summed E-state index contributed by atoms with van der Waals surface area (Å²) in [6, 6.07) is 10.8. The van der Waals surface area contributed by atoms with Crippen molar-refractivity contribution in [1.82, 2.24) is 4.98 Å². The molecule has 0 aliphatic heterocycles. The highest BCUT2D eigenvalue weighted by Crippen LogP contribution is 2.33. The molecule has 0 saturated carbocycles. The topological polar surface area (TPSA) is 64.1 Å². The molecule has 3 N–H and O–H groups in total. The molecule has 6 heteroatoms. The Morgan fingerprint density at radius 3 is 2.58 bits per heavy atom. The van der Waals surface area contributed by atoms with E-state index in [1.165, 1.54) is 0 Å².